The molecule has 59 heavy (non-hydrogen) atoms. The third kappa shape index (κ3) is 8.95. The zero-order valence-electron chi connectivity index (χ0n) is 32.7. The molecule has 3 fully saturated rings. The average molecular weight is 851 g/mol. The summed E-state index contributed by atoms with van der Waals surface area (Å²) in [7, 11) is 0. The lowest BCUT2D eigenvalue weighted by molar-refractivity contribution is -0.161. The standard InChI is InChI=1S/C42H48F6N4O6S/c1-3-9-33-40(58-28-24-34(59-26-28)42(46,47)48,16-7-20-52(33)35(53)29-25-50-19-12-30(29)41(43,44)45)36(54)51-21-17-39(18-22-51,27-49-2)31-10-4-5-11-32(31)57-23-8-15-38(37(55)56)13-6-14-38/h4-5,10-12,19,24-26,33H,2-3,6-9,13-18,20-23,27H2,1H3,(H,55,56). The highest BCUT2D eigenvalue weighted by atomic mass is 32.1. The second-order valence-electron chi connectivity index (χ2n) is 15.8. The molecule has 2 saturated heterocycles. The van der Waals surface area contributed by atoms with E-state index in [2.05, 4.69) is 16.7 Å². The van der Waals surface area contributed by atoms with Crippen LogP contribution in [0.3, 0.4) is 0 Å². The van der Waals surface area contributed by atoms with Crippen LogP contribution in [0.2, 0.25) is 0 Å². The number of rotatable bonds is 15. The van der Waals surface area contributed by atoms with E-state index in [0.29, 0.717) is 74.7 Å². The largest absolute Gasteiger partial charge is 0.493 e. The Labute approximate surface area is 342 Å². The van der Waals surface area contributed by atoms with Crippen molar-refractivity contribution in [2.45, 2.75) is 107 Å². The van der Waals surface area contributed by atoms with Crippen LogP contribution in [0.1, 0.15) is 104 Å². The summed E-state index contributed by atoms with van der Waals surface area (Å²) in [4.78, 5) is 51.1. The van der Waals surface area contributed by atoms with E-state index in [0.717, 1.165) is 35.8 Å². The molecule has 2 unspecified atom stereocenters. The van der Waals surface area contributed by atoms with Gasteiger partial charge in [-0.3, -0.25) is 19.4 Å². The first-order valence-electron chi connectivity index (χ1n) is 19.8. The number of thiophene rings is 1. The molecule has 2 aliphatic heterocycles. The van der Waals surface area contributed by atoms with Crippen molar-refractivity contribution in [2.24, 2.45) is 10.4 Å². The van der Waals surface area contributed by atoms with E-state index in [4.69, 9.17) is 9.47 Å². The predicted octanol–water partition coefficient (Wildman–Crippen LogP) is 9.08. The fraction of sp³-hybridized carbons (Fsp3) is 0.548. The van der Waals surface area contributed by atoms with Gasteiger partial charge in [0.05, 0.1) is 29.2 Å². The smallest absolute Gasteiger partial charge is 0.425 e. The number of alkyl halides is 6. The summed E-state index contributed by atoms with van der Waals surface area (Å²) in [6.45, 7) is 6.39. The maximum Gasteiger partial charge on any atom is 0.425 e. The third-order valence-corrected chi connectivity index (χ3v) is 13.2. The Morgan fingerprint density at radius 3 is 2.34 bits per heavy atom. The number of piperidine rings is 2. The number of carboxylic acid groups (broad SMARTS) is 1. The van der Waals surface area contributed by atoms with E-state index < -0.39 is 68.6 Å². The molecule has 1 saturated carbocycles. The van der Waals surface area contributed by atoms with Gasteiger partial charge >= 0.3 is 18.3 Å². The summed E-state index contributed by atoms with van der Waals surface area (Å²) in [5.41, 5.74) is -4.34. The molecular weight excluding hydrogens is 803 g/mol. The zero-order chi connectivity index (χ0) is 42.6. The first kappa shape index (κ1) is 43.9. The van der Waals surface area contributed by atoms with Crippen LogP contribution >= 0.6 is 11.3 Å². The van der Waals surface area contributed by atoms with Crippen LogP contribution in [-0.2, 0) is 27.4 Å². The van der Waals surface area contributed by atoms with Gasteiger partial charge in [0.15, 0.2) is 0 Å². The number of aromatic nitrogens is 1. The van der Waals surface area contributed by atoms with Crippen molar-refractivity contribution in [3.05, 3.63) is 75.7 Å². The quantitative estimate of drug-likeness (QED) is 0.0921. The highest BCUT2D eigenvalue weighted by molar-refractivity contribution is 7.10. The van der Waals surface area contributed by atoms with Gasteiger partial charge in [-0.1, -0.05) is 38.0 Å². The Morgan fingerprint density at radius 2 is 1.73 bits per heavy atom. The molecule has 0 spiro atoms. The Bertz CT molecular complexity index is 1990. The van der Waals surface area contributed by atoms with Crippen molar-refractivity contribution in [1.29, 1.82) is 0 Å². The second-order valence-corrected chi connectivity index (χ2v) is 16.7. The summed E-state index contributed by atoms with van der Waals surface area (Å²) < 4.78 is 96.5. The fourth-order valence-electron chi connectivity index (χ4n) is 9.03. The molecule has 3 aliphatic rings. The number of carbonyl (C=O) groups excluding carboxylic acids is 2. The summed E-state index contributed by atoms with van der Waals surface area (Å²) in [5.74, 6) is -2.01. The predicted molar refractivity (Wildman–Crippen MR) is 208 cm³/mol. The number of para-hydroxylation sites is 1. The summed E-state index contributed by atoms with van der Waals surface area (Å²) in [6.07, 6.45) is -3.26. The van der Waals surface area contributed by atoms with Crippen LogP contribution in [0.15, 0.2) is 59.2 Å². The molecule has 1 aliphatic carbocycles. The van der Waals surface area contributed by atoms with Crippen molar-refractivity contribution in [3.8, 4) is 11.5 Å². The molecule has 6 rings (SSSR count). The number of ether oxygens (including phenoxy) is 2. The van der Waals surface area contributed by atoms with Gasteiger partial charge in [0.25, 0.3) is 11.8 Å². The van der Waals surface area contributed by atoms with Crippen molar-refractivity contribution in [2.75, 3.05) is 32.8 Å². The number of hydrogen-bond donors (Lipinski definition) is 1. The number of carbonyl (C=O) groups is 3. The summed E-state index contributed by atoms with van der Waals surface area (Å²) in [6, 6.07) is 7.82. The Balaban J connectivity index is 1.30. The minimum absolute atomic E-state index is 0.00760. The maximum absolute atomic E-state index is 15.2. The molecule has 3 aromatic rings. The van der Waals surface area contributed by atoms with Gasteiger partial charge in [0.1, 0.15) is 16.4 Å². The van der Waals surface area contributed by atoms with E-state index in [1.807, 2.05) is 24.3 Å². The molecule has 10 nitrogen and oxygen atoms in total. The first-order valence-corrected chi connectivity index (χ1v) is 20.7. The highest BCUT2D eigenvalue weighted by Gasteiger charge is 2.57. The Kier molecular flexibility index (Phi) is 13.0. The molecule has 1 aromatic carbocycles. The number of halogens is 6. The van der Waals surface area contributed by atoms with Crippen LogP contribution in [-0.4, -0.2) is 88.8 Å². The molecule has 320 valence electrons. The highest BCUT2D eigenvalue weighted by Crippen LogP contribution is 2.47. The maximum atomic E-state index is 15.2. The normalized spacial score (nSPS) is 21.6. The zero-order valence-corrected chi connectivity index (χ0v) is 33.6. The van der Waals surface area contributed by atoms with Crippen LogP contribution in [0.25, 0.3) is 0 Å². The molecule has 2 amide bonds. The van der Waals surface area contributed by atoms with Gasteiger partial charge in [-0.05, 0) is 70.2 Å². The summed E-state index contributed by atoms with van der Waals surface area (Å²) >= 11 is 0.389. The number of likely N-dealkylation sites (tertiary alicyclic amines) is 2. The SMILES string of the molecule is C=NCC1(c2ccccc2OCCCC2(C(=O)O)CCC2)CCN(C(=O)C2(Oc3csc(C(F)(F)F)c3)CCCN(C(=O)c3cnccc3C(F)(F)F)C2CCC)CC1. The van der Waals surface area contributed by atoms with Gasteiger partial charge in [-0.2, -0.15) is 26.3 Å². The van der Waals surface area contributed by atoms with E-state index in [-0.39, 0.29) is 51.2 Å². The van der Waals surface area contributed by atoms with Crippen molar-refractivity contribution in [1.82, 2.24) is 14.8 Å². The Hall–Kier alpha value is -4.67. The van der Waals surface area contributed by atoms with Crippen molar-refractivity contribution < 1.29 is 55.3 Å². The number of aliphatic carboxylic acids is 1. The lowest BCUT2D eigenvalue weighted by atomic mass is 9.66. The summed E-state index contributed by atoms with van der Waals surface area (Å²) in [5, 5.41) is 10.9. The van der Waals surface area contributed by atoms with Gasteiger partial charge < -0.3 is 29.4 Å². The van der Waals surface area contributed by atoms with Crippen molar-refractivity contribution >= 4 is 35.8 Å². The monoisotopic (exact) mass is 850 g/mol. The first-order chi connectivity index (χ1) is 28.0. The molecular formula is C42H48F6N4O6S. The Morgan fingerprint density at radius 1 is 1.00 bits per heavy atom. The molecule has 4 heterocycles. The lowest BCUT2D eigenvalue weighted by Crippen LogP contribution is -2.68. The van der Waals surface area contributed by atoms with E-state index in [1.165, 1.54) is 4.90 Å². The van der Waals surface area contributed by atoms with Crippen LogP contribution in [0.5, 0.6) is 11.5 Å². The van der Waals surface area contributed by atoms with E-state index in [1.54, 1.807) is 11.8 Å². The van der Waals surface area contributed by atoms with Crippen LogP contribution in [0, 0.1) is 5.41 Å². The molecule has 0 bridgehead atoms. The van der Waals surface area contributed by atoms with Crippen LogP contribution < -0.4 is 9.47 Å². The fourth-order valence-corrected chi connectivity index (χ4v) is 9.71. The van der Waals surface area contributed by atoms with Gasteiger partial charge in [0.2, 0.25) is 5.60 Å². The number of hydrogen-bond acceptors (Lipinski definition) is 8. The number of pyridine rings is 1. The molecule has 2 atom stereocenters. The second kappa shape index (κ2) is 17.5. The van der Waals surface area contributed by atoms with Crippen LogP contribution in [0.4, 0.5) is 26.3 Å². The minimum atomic E-state index is -4.89. The van der Waals surface area contributed by atoms with Crippen molar-refractivity contribution in [3.63, 3.8) is 0 Å². The average Bonchev–Trinajstić information content (AvgIpc) is 3.67. The van der Waals surface area contributed by atoms with E-state index >= 15 is 4.79 Å². The number of benzene rings is 1. The number of amides is 2. The van der Waals surface area contributed by atoms with Gasteiger partial charge in [0, 0.05) is 67.4 Å². The third-order valence-electron chi connectivity index (χ3n) is 12.3. The van der Waals surface area contributed by atoms with E-state index in [9.17, 15) is 41.0 Å². The number of aliphatic imine (C=N–C) groups is 1. The topological polar surface area (TPSA) is 122 Å². The molecule has 17 heteroatoms. The van der Waals surface area contributed by atoms with Gasteiger partial charge in [-0.15, -0.1) is 11.3 Å². The number of carboxylic acids is 1. The molecule has 1 N–H and O–H groups in total. The lowest BCUT2D eigenvalue weighted by Gasteiger charge is -2.51. The number of nitrogens with zero attached hydrogens (tertiary/aromatic N) is 4. The van der Waals surface area contributed by atoms with Gasteiger partial charge in [-0.25, -0.2) is 0 Å². The minimum Gasteiger partial charge on any atom is -0.493 e. The molecule has 0 radical (unpaired) electrons. The molecule has 2 aromatic heterocycles.